The Morgan fingerprint density at radius 2 is 1.05 bits per heavy atom. The standard InChI is InChI=1S/C17H23N3O8S.C16H21N3O8S/c1-17(2,3)28-16(22)19-10-11(9-13(19)15(21)27-4)18-29(25,26)14-8-6-5-7-12(14)20(23)24;1-16(2,3)27-15(22)18-9-10(8-12(18)14(20)21)17-28(25,26)13-7-5-4-6-11(13)19(23)24/h5-8,11,13,18H,9-10H2,1-4H3;4-7,10,12,17H,8-9H2,1-3H3,(H,20,21)/t11-,13+;10-,12+/m11/s1. The number of nitro benzene ring substituents is 2. The van der Waals surface area contributed by atoms with Gasteiger partial charge in [0, 0.05) is 37.3 Å². The van der Waals surface area contributed by atoms with E-state index in [9.17, 15) is 61.3 Å². The van der Waals surface area contributed by atoms with Crippen LogP contribution in [0.25, 0.3) is 0 Å². The summed E-state index contributed by atoms with van der Waals surface area (Å²) >= 11 is 0. The van der Waals surface area contributed by atoms with Gasteiger partial charge in [-0.05, 0) is 66.5 Å². The molecule has 0 radical (unpaired) electrons. The molecule has 24 heteroatoms. The molecule has 4 rings (SSSR count). The number of ether oxygens (including phenoxy) is 3. The van der Waals surface area contributed by atoms with Crippen LogP contribution in [0.2, 0.25) is 0 Å². The molecule has 2 aromatic carbocycles. The Morgan fingerprint density at radius 1 is 0.702 bits per heavy atom. The number of esters is 1. The molecule has 3 N–H and O–H groups in total. The molecule has 0 aliphatic carbocycles. The molecule has 0 aromatic heterocycles. The molecule has 2 aromatic rings. The summed E-state index contributed by atoms with van der Waals surface area (Å²) in [7, 11) is -7.44. The minimum absolute atomic E-state index is 0.0637. The molecule has 0 bridgehead atoms. The summed E-state index contributed by atoms with van der Waals surface area (Å²) in [6, 6.07) is 5.56. The van der Waals surface area contributed by atoms with Crippen LogP contribution in [0, 0.1) is 20.2 Å². The number of nitrogens with one attached hydrogen (secondary N) is 2. The SMILES string of the molecule is CC(C)(C)OC(=O)N1C[C@H](NS(=O)(=O)c2ccccc2[N+](=O)[O-])C[C@H]1C(=O)O.COC(=O)[C@@H]1C[C@@H](NS(=O)(=O)c2ccccc2[N+](=O)[O-])CN1C(=O)OC(C)(C)C. The highest BCUT2D eigenvalue weighted by Gasteiger charge is 2.45. The van der Waals surface area contributed by atoms with Crippen LogP contribution in [0.4, 0.5) is 21.0 Å². The van der Waals surface area contributed by atoms with Crippen molar-refractivity contribution in [2.75, 3.05) is 20.2 Å². The first-order chi connectivity index (χ1) is 26.2. The van der Waals surface area contributed by atoms with Crippen molar-refractivity contribution in [2.45, 2.75) is 99.5 Å². The van der Waals surface area contributed by atoms with E-state index in [4.69, 9.17) is 14.2 Å². The largest absolute Gasteiger partial charge is 0.480 e. The van der Waals surface area contributed by atoms with Crippen molar-refractivity contribution in [3.63, 3.8) is 0 Å². The van der Waals surface area contributed by atoms with Crippen LogP contribution < -0.4 is 9.44 Å². The first-order valence-electron chi connectivity index (χ1n) is 17.0. The predicted molar refractivity (Wildman–Crippen MR) is 197 cm³/mol. The number of nitrogens with zero attached hydrogens (tertiary/aromatic N) is 4. The minimum Gasteiger partial charge on any atom is -0.480 e. The lowest BCUT2D eigenvalue weighted by molar-refractivity contribution is -0.388. The van der Waals surface area contributed by atoms with Gasteiger partial charge in [0.25, 0.3) is 11.4 Å². The Morgan fingerprint density at radius 3 is 1.39 bits per heavy atom. The number of carboxylic acid groups (broad SMARTS) is 1. The number of methoxy groups -OCH3 is 1. The monoisotopic (exact) mass is 844 g/mol. The van der Waals surface area contributed by atoms with Gasteiger partial charge >= 0.3 is 24.1 Å². The summed E-state index contributed by atoms with van der Waals surface area (Å²) < 4.78 is 70.3. The van der Waals surface area contributed by atoms with E-state index in [2.05, 4.69) is 9.44 Å². The second-order valence-electron chi connectivity index (χ2n) is 14.7. The van der Waals surface area contributed by atoms with Crippen molar-refractivity contribution in [2.24, 2.45) is 0 Å². The molecule has 22 nitrogen and oxygen atoms in total. The molecule has 0 unspecified atom stereocenters. The lowest BCUT2D eigenvalue weighted by Gasteiger charge is -2.27. The highest BCUT2D eigenvalue weighted by molar-refractivity contribution is 7.90. The molecule has 4 atom stereocenters. The molecule has 2 aliphatic heterocycles. The van der Waals surface area contributed by atoms with E-state index in [0.717, 1.165) is 41.2 Å². The molecule has 2 aliphatic rings. The Labute approximate surface area is 327 Å². The van der Waals surface area contributed by atoms with Crippen LogP contribution in [0.1, 0.15) is 54.4 Å². The van der Waals surface area contributed by atoms with Gasteiger partial charge in [0.05, 0.1) is 17.0 Å². The summed E-state index contributed by atoms with van der Waals surface area (Å²) in [5.74, 6) is -2.03. The zero-order valence-electron chi connectivity index (χ0n) is 31.9. The number of hydrogen-bond donors (Lipinski definition) is 3. The molecular formula is C33H44N6O16S2. The quantitative estimate of drug-likeness (QED) is 0.134. The summed E-state index contributed by atoms with van der Waals surface area (Å²) in [6.07, 6.45) is -1.94. The number of sulfonamides is 2. The second-order valence-corrected chi connectivity index (χ2v) is 18.1. The number of para-hydroxylation sites is 2. The topological polar surface area (TPSA) is 301 Å². The predicted octanol–water partition coefficient (Wildman–Crippen LogP) is 2.76. The molecule has 0 spiro atoms. The van der Waals surface area contributed by atoms with Gasteiger partial charge in [-0.3, -0.25) is 30.0 Å². The van der Waals surface area contributed by atoms with Crippen LogP contribution in [0.3, 0.4) is 0 Å². The van der Waals surface area contributed by atoms with E-state index in [-0.39, 0.29) is 25.9 Å². The first kappa shape index (κ1) is 45.9. The Bertz CT molecular complexity index is 2100. The lowest BCUT2D eigenvalue weighted by atomic mass is 10.2. The van der Waals surface area contributed by atoms with Gasteiger partial charge < -0.3 is 19.3 Å². The van der Waals surface area contributed by atoms with Crippen LogP contribution in [0.5, 0.6) is 0 Å². The van der Waals surface area contributed by atoms with E-state index >= 15 is 0 Å². The average Bonchev–Trinajstić information content (AvgIpc) is 3.71. The Hall–Kier alpha value is -5.46. The number of carbonyl (C=O) groups is 4. The van der Waals surface area contributed by atoms with E-state index in [1.54, 1.807) is 41.5 Å². The van der Waals surface area contributed by atoms with Crippen LogP contribution in [-0.4, -0.2) is 121 Å². The fourth-order valence-electron chi connectivity index (χ4n) is 5.72. The Kier molecular flexibility index (Phi) is 14.3. The number of aliphatic carboxylic acids is 1. The number of rotatable bonds is 10. The van der Waals surface area contributed by atoms with Crippen molar-refractivity contribution >= 4 is 55.5 Å². The molecular weight excluding hydrogens is 801 g/mol. The molecule has 57 heavy (non-hydrogen) atoms. The first-order valence-corrected chi connectivity index (χ1v) is 20.0. The van der Waals surface area contributed by atoms with Crippen molar-refractivity contribution in [3.8, 4) is 0 Å². The molecule has 314 valence electrons. The lowest BCUT2D eigenvalue weighted by Crippen LogP contribution is -2.44. The van der Waals surface area contributed by atoms with Gasteiger partial charge in [0.2, 0.25) is 20.0 Å². The fraction of sp³-hybridized carbons (Fsp3) is 0.515. The number of hydrogen-bond acceptors (Lipinski definition) is 15. The second kappa shape index (κ2) is 17.8. The van der Waals surface area contributed by atoms with Gasteiger partial charge in [-0.15, -0.1) is 0 Å². The summed E-state index contributed by atoms with van der Waals surface area (Å²) in [5.41, 5.74) is -2.86. The van der Waals surface area contributed by atoms with Gasteiger partial charge in [-0.2, -0.15) is 0 Å². The highest BCUT2D eigenvalue weighted by Crippen LogP contribution is 2.28. The van der Waals surface area contributed by atoms with Crippen molar-refractivity contribution < 1.29 is 65.2 Å². The summed E-state index contributed by atoms with van der Waals surface area (Å²) in [4.78, 5) is 69.9. The number of amides is 2. The van der Waals surface area contributed by atoms with Crippen LogP contribution in [0.15, 0.2) is 58.3 Å². The van der Waals surface area contributed by atoms with Crippen LogP contribution in [-0.2, 0) is 43.8 Å². The molecule has 2 fully saturated rings. The number of benzene rings is 2. The van der Waals surface area contributed by atoms with Crippen molar-refractivity contribution in [1.29, 1.82) is 0 Å². The average molecular weight is 845 g/mol. The number of carbonyl (C=O) groups excluding carboxylic acids is 3. The number of carboxylic acids is 1. The maximum atomic E-state index is 12.7. The molecule has 2 heterocycles. The Balaban J connectivity index is 0.000000306. The van der Waals surface area contributed by atoms with E-state index in [1.165, 1.54) is 24.3 Å². The zero-order chi connectivity index (χ0) is 43.3. The minimum atomic E-state index is -4.32. The fourth-order valence-corrected chi connectivity index (χ4v) is 8.54. The maximum absolute atomic E-state index is 12.7. The van der Waals surface area contributed by atoms with Gasteiger partial charge in [0.1, 0.15) is 23.3 Å². The molecule has 2 saturated heterocycles. The number of nitro groups is 2. The van der Waals surface area contributed by atoms with Gasteiger partial charge in [-0.1, -0.05) is 24.3 Å². The van der Waals surface area contributed by atoms with Crippen LogP contribution >= 0.6 is 0 Å². The van der Waals surface area contributed by atoms with Crippen molar-refractivity contribution in [1.82, 2.24) is 19.2 Å². The van der Waals surface area contributed by atoms with Gasteiger partial charge in [-0.25, -0.2) is 45.5 Å². The van der Waals surface area contributed by atoms with E-state index < -0.39 is 111 Å². The van der Waals surface area contributed by atoms with E-state index in [0.29, 0.717) is 0 Å². The van der Waals surface area contributed by atoms with Crippen molar-refractivity contribution in [3.05, 3.63) is 68.8 Å². The van der Waals surface area contributed by atoms with Gasteiger partial charge in [0.15, 0.2) is 9.79 Å². The normalized spacial score (nSPS) is 19.8. The smallest absolute Gasteiger partial charge is 0.411 e. The molecule has 0 saturated carbocycles. The maximum Gasteiger partial charge on any atom is 0.411 e. The number of likely N-dealkylation sites (tertiary alicyclic amines) is 2. The zero-order valence-corrected chi connectivity index (χ0v) is 33.6. The third-order valence-corrected chi connectivity index (χ3v) is 11.1. The third-order valence-electron chi connectivity index (χ3n) is 7.96. The highest BCUT2D eigenvalue weighted by atomic mass is 32.2. The third kappa shape index (κ3) is 12.3. The molecule has 2 amide bonds. The van der Waals surface area contributed by atoms with E-state index in [1.807, 2.05) is 0 Å². The summed E-state index contributed by atoms with van der Waals surface area (Å²) in [6.45, 7) is 9.41. The summed E-state index contributed by atoms with van der Waals surface area (Å²) in [5, 5.41) is 31.6.